The summed E-state index contributed by atoms with van der Waals surface area (Å²) in [6.45, 7) is 0. The highest BCUT2D eigenvalue weighted by Crippen LogP contribution is 2.23. The molecule has 3 rings (SSSR count). The average Bonchev–Trinajstić information content (AvgIpc) is 2.74. The van der Waals surface area contributed by atoms with Crippen molar-refractivity contribution in [1.29, 1.82) is 5.26 Å². The largest absolute Gasteiger partial charge is 0.345 e. The number of aromatic nitrogens is 2. The van der Waals surface area contributed by atoms with Gasteiger partial charge in [0, 0.05) is 31.4 Å². The second kappa shape index (κ2) is 9.30. The molecule has 0 unspecified atom stereocenters. The van der Waals surface area contributed by atoms with Gasteiger partial charge in [0.2, 0.25) is 5.91 Å². The van der Waals surface area contributed by atoms with E-state index < -0.39 is 5.91 Å². The number of carbonyl (C=O) groups is 2. The van der Waals surface area contributed by atoms with E-state index in [1.807, 2.05) is 24.3 Å². The summed E-state index contributed by atoms with van der Waals surface area (Å²) in [7, 11) is 3.44. The summed E-state index contributed by atoms with van der Waals surface area (Å²) in [5.74, 6) is 0.177. The van der Waals surface area contributed by atoms with Crippen LogP contribution >= 0.6 is 0 Å². The summed E-state index contributed by atoms with van der Waals surface area (Å²) in [4.78, 5) is 33.5. The van der Waals surface area contributed by atoms with E-state index in [1.165, 1.54) is 11.1 Å². The van der Waals surface area contributed by atoms with Crippen LogP contribution in [0.3, 0.4) is 0 Å². The zero-order valence-electron chi connectivity index (χ0n) is 16.6. The molecule has 0 aliphatic carbocycles. The number of nitrogens with zero attached hydrogens (tertiary/aromatic N) is 4. The van der Waals surface area contributed by atoms with Gasteiger partial charge in [-0.2, -0.15) is 5.26 Å². The van der Waals surface area contributed by atoms with E-state index in [0.717, 1.165) is 11.1 Å². The third kappa shape index (κ3) is 5.17. The van der Waals surface area contributed by atoms with Crippen LogP contribution in [0, 0.1) is 11.3 Å². The van der Waals surface area contributed by atoms with Crippen molar-refractivity contribution in [1.82, 2.24) is 14.9 Å². The third-order valence-electron chi connectivity index (χ3n) is 4.17. The Bertz CT molecular complexity index is 1090. The number of amides is 2. The van der Waals surface area contributed by atoms with Crippen molar-refractivity contribution in [2.75, 3.05) is 24.7 Å². The van der Waals surface area contributed by atoms with Crippen LogP contribution in [0.4, 0.5) is 17.2 Å². The Morgan fingerprint density at radius 3 is 2.33 bits per heavy atom. The quantitative estimate of drug-likeness (QED) is 0.656. The van der Waals surface area contributed by atoms with Gasteiger partial charge in [-0.25, -0.2) is 4.98 Å². The summed E-state index contributed by atoms with van der Waals surface area (Å²) >= 11 is 0. The zero-order valence-corrected chi connectivity index (χ0v) is 16.6. The molecule has 1 aromatic carbocycles. The van der Waals surface area contributed by atoms with Gasteiger partial charge in [0.25, 0.3) is 5.91 Å². The fraction of sp³-hybridized carbons (Fsp3) is 0.136. The molecule has 8 nitrogen and oxygen atoms in total. The van der Waals surface area contributed by atoms with Crippen LogP contribution in [0.15, 0.2) is 61.1 Å². The molecule has 0 aliphatic rings. The molecule has 0 fully saturated rings. The fourth-order valence-corrected chi connectivity index (χ4v) is 2.70. The maximum absolute atomic E-state index is 12.0. The Labute approximate surface area is 174 Å². The molecule has 0 saturated heterocycles. The van der Waals surface area contributed by atoms with Crippen molar-refractivity contribution in [3.63, 3.8) is 0 Å². The van der Waals surface area contributed by atoms with E-state index in [4.69, 9.17) is 5.26 Å². The Balaban J connectivity index is 1.68. The second-order valence-corrected chi connectivity index (χ2v) is 6.68. The van der Waals surface area contributed by atoms with Crippen molar-refractivity contribution in [3.05, 3.63) is 66.6 Å². The molecule has 0 atom stereocenters. The first kappa shape index (κ1) is 20.5. The van der Waals surface area contributed by atoms with E-state index >= 15 is 0 Å². The first-order valence-corrected chi connectivity index (χ1v) is 9.13. The van der Waals surface area contributed by atoms with Crippen molar-refractivity contribution < 1.29 is 9.59 Å². The summed E-state index contributed by atoms with van der Waals surface area (Å²) in [5.41, 5.74) is 3.64. The average molecular weight is 400 g/mol. The highest BCUT2D eigenvalue weighted by molar-refractivity contribution is 5.94. The van der Waals surface area contributed by atoms with Gasteiger partial charge in [-0.3, -0.25) is 14.6 Å². The minimum absolute atomic E-state index is 0.0427. The standard InChI is InChI=1S/C22H20N6O2/c1-28(2)22(30)16-5-3-15(4-6-16)17-7-8-20(25-12-17)26-18-11-19(14-24-13-18)27-21(29)9-10-23/h3-8,11-14H,9H2,1-2H3,(H,25,26)(H,27,29). The van der Waals surface area contributed by atoms with Crippen LogP contribution in [-0.2, 0) is 4.79 Å². The Kier molecular flexibility index (Phi) is 6.35. The highest BCUT2D eigenvalue weighted by atomic mass is 16.2. The van der Waals surface area contributed by atoms with E-state index in [0.29, 0.717) is 22.8 Å². The molecule has 0 bridgehead atoms. The number of hydrogen-bond acceptors (Lipinski definition) is 6. The van der Waals surface area contributed by atoms with E-state index in [-0.39, 0.29) is 12.3 Å². The number of carbonyl (C=O) groups excluding carboxylic acids is 2. The van der Waals surface area contributed by atoms with Crippen LogP contribution in [-0.4, -0.2) is 40.8 Å². The van der Waals surface area contributed by atoms with Gasteiger partial charge in [0.1, 0.15) is 12.2 Å². The van der Waals surface area contributed by atoms with E-state index in [9.17, 15) is 9.59 Å². The topological polar surface area (TPSA) is 111 Å². The van der Waals surface area contributed by atoms with Gasteiger partial charge in [-0.05, 0) is 35.9 Å². The maximum Gasteiger partial charge on any atom is 0.253 e. The van der Waals surface area contributed by atoms with Gasteiger partial charge >= 0.3 is 0 Å². The number of pyridine rings is 2. The lowest BCUT2D eigenvalue weighted by molar-refractivity contribution is -0.115. The fourth-order valence-electron chi connectivity index (χ4n) is 2.70. The molecule has 0 radical (unpaired) electrons. The lowest BCUT2D eigenvalue weighted by Gasteiger charge is -2.11. The van der Waals surface area contributed by atoms with Gasteiger partial charge in [0.15, 0.2) is 0 Å². The summed E-state index contributed by atoms with van der Waals surface area (Å²) in [5, 5.41) is 14.3. The monoisotopic (exact) mass is 400 g/mol. The van der Waals surface area contributed by atoms with Gasteiger partial charge in [-0.1, -0.05) is 12.1 Å². The number of nitriles is 1. The predicted molar refractivity (Wildman–Crippen MR) is 114 cm³/mol. The van der Waals surface area contributed by atoms with Crippen molar-refractivity contribution in [2.24, 2.45) is 0 Å². The van der Waals surface area contributed by atoms with Crippen LogP contribution in [0.2, 0.25) is 0 Å². The van der Waals surface area contributed by atoms with E-state index in [2.05, 4.69) is 20.6 Å². The first-order chi connectivity index (χ1) is 14.5. The molecule has 150 valence electrons. The third-order valence-corrected chi connectivity index (χ3v) is 4.17. The lowest BCUT2D eigenvalue weighted by atomic mass is 10.1. The Hall–Kier alpha value is -4.25. The smallest absolute Gasteiger partial charge is 0.253 e. The van der Waals surface area contributed by atoms with Crippen molar-refractivity contribution in [3.8, 4) is 17.2 Å². The summed E-state index contributed by atoms with van der Waals surface area (Å²) < 4.78 is 0. The molecule has 8 heteroatoms. The molecular weight excluding hydrogens is 380 g/mol. The Morgan fingerprint density at radius 2 is 1.70 bits per heavy atom. The number of rotatable bonds is 6. The highest BCUT2D eigenvalue weighted by Gasteiger charge is 2.08. The van der Waals surface area contributed by atoms with Gasteiger partial charge in [0.05, 0.1) is 29.8 Å². The van der Waals surface area contributed by atoms with Crippen LogP contribution in [0.1, 0.15) is 16.8 Å². The molecular formula is C22H20N6O2. The van der Waals surface area contributed by atoms with Gasteiger partial charge < -0.3 is 15.5 Å². The summed E-state index contributed by atoms with van der Waals surface area (Å²) in [6.07, 6.45) is 4.62. The Morgan fingerprint density at radius 1 is 1.00 bits per heavy atom. The van der Waals surface area contributed by atoms with Crippen LogP contribution in [0.5, 0.6) is 0 Å². The second-order valence-electron chi connectivity index (χ2n) is 6.68. The molecule has 30 heavy (non-hydrogen) atoms. The summed E-state index contributed by atoms with van der Waals surface area (Å²) in [6, 6.07) is 14.6. The molecule has 0 spiro atoms. The normalized spacial score (nSPS) is 10.0. The van der Waals surface area contributed by atoms with Gasteiger partial charge in [-0.15, -0.1) is 0 Å². The van der Waals surface area contributed by atoms with Crippen LogP contribution in [0.25, 0.3) is 11.1 Å². The molecule has 2 N–H and O–H groups in total. The van der Waals surface area contributed by atoms with Crippen molar-refractivity contribution in [2.45, 2.75) is 6.42 Å². The minimum atomic E-state index is -0.391. The first-order valence-electron chi connectivity index (χ1n) is 9.13. The number of hydrogen-bond donors (Lipinski definition) is 2. The minimum Gasteiger partial charge on any atom is -0.345 e. The molecule has 0 saturated carbocycles. The number of nitrogens with one attached hydrogen (secondary N) is 2. The van der Waals surface area contributed by atoms with E-state index in [1.54, 1.807) is 50.8 Å². The number of benzene rings is 1. The molecule has 2 amide bonds. The van der Waals surface area contributed by atoms with Crippen LogP contribution < -0.4 is 10.6 Å². The molecule has 2 heterocycles. The maximum atomic E-state index is 12.0. The molecule has 0 aliphatic heterocycles. The number of anilines is 3. The van der Waals surface area contributed by atoms with Crippen molar-refractivity contribution >= 4 is 29.0 Å². The molecule has 3 aromatic rings. The molecule has 2 aromatic heterocycles. The predicted octanol–water partition coefficient (Wildman–Crippen LogP) is 3.44. The zero-order chi connectivity index (χ0) is 21.5. The SMILES string of the molecule is CN(C)C(=O)c1ccc(-c2ccc(Nc3cncc(NC(=O)CC#N)c3)nc2)cc1. The lowest BCUT2D eigenvalue weighted by Crippen LogP contribution is -2.21.